The minimum Gasteiger partial charge on any atom is -0.410 e. The number of ether oxygens (including phenoxy) is 2. The summed E-state index contributed by atoms with van der Waals surface area (Å²) in [5.74, 6) is 0.482. The number of hydrogen-bond donors (Lipinski definition) is 2. The number of carbonyl (C=O) groups is 1. The molecule has 1 saturated heterocycles. The third-order valence-electron chi connectivity index (χ3n) is 3.07. The van der Waals surface area contributed by atoms with Gasteiger partial charge < -0.3 is 19.9 Å². The average Bonchev–Trinajstić information content (AvgIpc) is 2.41. The highest BCUT2D eigenvalue weighted by atomic mass is 16.6. The maximum absolute atomic E-state index is 11.8. The molecule has 5 heteroatoms. The van der Waals surface area contributed by atoms with Crippen LogP contribution in [0.4, 0.5) is 4.79 Å². The van der Waals surface area contributed by atoms with E-state index >= 15 is 0 Å². The quantitative estimate of drug-likeness (QED) is 0.850. The minimum absolute atomic E-state index is 0.111. The third-order valence-corrected chi connectivity index (χ3v) is 3.07. The minimum atomic E-state index is -0.621. The second-order valence-electron chi connectivity index (χ2n) is 4.38. The van der Waals surface area contributed by atoms with Gasteiger partial charge in [0.15, 0.2) is 0 Å². The predicted molar refractivity (Wildman–Crippen MR) is 65.5 cm³/mol. The van der Waals surface area contributed by atoms with E-state index in [0.717, 1.165) is 0 Å². The summed E-state index contributed by atoms with van der Waals surface area (Å²) in [6.45, 7) is 0.957. The van der Waals surface area contributed by atoms with Crippen molar-refractivity contribution in [3.8, 4) is 5.75 Å². The van der Waals surface area contributed by atoms with Crippen molar-refractivity contribution in [1.82, 2.24) is 5.32 Å². The highest BCUT2D eigenvalue weighted by molar-refractivity contribution is 5.71. The Balaban J connectivity index is 1.93. The zero-order chi connectivity index (χ0) is 12.8. The van der Waals surface area contributed by atoms with Crippen LogP contribution in [-0.2, 0) is 4.74 Å². The first-order valence-electron chi connectivity index (χ1n) is 5.98. The summed E-state index contributed by atoms with van der Waals surface area (Å²) in [4.78, 5) is 11.8. The smallest absolute Gasteiger partial charge is 0.410 e. The molecule has 1 heterocycles. The van der Waals surface area contributed by atoms with E-state index in [0.29, 0.717) is 31.8 Å². The van der Waals surface area contributed by atoms with Gasteiger partial charge in [0, 0.05) is 13.2 Å². The Labute approximate surface area is 106 Å². The summed E-state index contributed by atoms with van der Waals surface area (Å²) < 4.78 is 10.4. The van der Waals surface area contributed by atoms with Crippen molar-refractivity contribution in [3.05, 3.63) is 30.3 Å². The summed E-state index contributed by atoms with van der Waals surface area (Å²) >= 11 is 0. The fourth-order valence-electron chi connectivity index (χ4n) is 1.92. The molecule has 2 rings (SSSR count). The standard InChI is InChI=1S/C13H17NO4/c15-10-13(6-8-17-9-7-13)14-12(16)18-11-4-2-1-3-5-11/h1-5,15H,6-10H2,(H,14,16). The van der Waals surface area contributed by atoms with Crippen LogP contribution >= 0.6 is 0 Å². The Morgan fingerprint density at radius 2 is 2.00 bits per heavy atom. The lowest BCUT2D eigenvalue weighted by atomic mass is 9.91. The molecule has 0 spiro atoms. The van der Waals surface area contributed by atoms with Gasteiger partial charge in [-0.3, -0.25) is 0 Å². The lowest BCUT2D eigenvalue weighted by Gasteiger charge is -2.35. The molecule has 0 unspecified atom stereocenters. The molecule has 2 N–H and O–H groups in total. The Hall–Kier alpha value is -1.59. The molecule has 0 saturated carbocycles. The molecular formula is C13H17NO4. The second kappa shape index (κ2) is 5.84. The molecular weight excluding hydrogens is 234 g/mol. The first-order chi connectivity index (χ1) is 8.74. The maximum Gasteiger partial charge on any atom is 0.413 e. The molecule has 0 aliphatic carbocycles. The lowest BCUT2D eigenvalue weighted by molar-refractivity contribution is 0.0143. The fraction of sp³-hybridized carbons (Fsp3) is 0.462. The second-order valence-corrected chi connectivity index (χ2v) is 4.38. The van der Waals surface area contributed by atoms with Gasteiger partial charge in [0.05, 0.1) is 12.1 Å². The van der Waals surface area contributed by atoms with Crippen LogP contribution in [0.3, 0.4) is 0 Å². The summed E-state index contributed by atoms with van der Waals surface area (Å²) in [5.41, 5.74) is -0.621. The van der Waals surface area contributed by atoms with Gasteiger partial charge in [0.1, 0.15) is 5.75 Å². The van der Waals surface area contributed by atoms with Crippen LogP contribution in [0.15, 0.2) is 30.3 Å². The molecule has 18 heavy (non-hydrogen) atoms. The lowest BCUT2D eigenvalue weighted by Crippen LogP contribution is -2.55. The van der Waals surface area contributed by atoms with Crippen molar-refractivity contribution in [1.29, 1.82) is 0 Å². The van der Waals surface area contributed by atoms with E-state index in [1.54, 1.807) is 24.3 Å². The molecule has 0 radical (unpaired) electrons. The molecule has 0 bridgehead atoms. The van der Waals surface area contributed by atoms with Crippen molar-refractivity contribution in [2.45, 2.75) is 18.4 Å². The monoisotopic (exact) mass is 251 g/mol. The van der Waals surface area contributed by atoms with E-state index in [9.17, 15) is 9.90 Å². The maximum atomic E-state index is 11.8. The van der Waals surface area contributed by atoms with Gasteiger partial charge in [-0.05, 0) is 25.0 Å². The molecule has 0 aromatic heterocycles. The molecule has 1 aromatic rings. The van der Waals surface area contributed by atoms with Crippen molar-refractivity contribution in [2.75, 3.05) is 19.8 Å². The zero-order valence-electron chi connectivity index (χ0n) is 10.1. The van der Waals surface area contributed by atoms with Gasteiger partial charge in [-0.2, -0.15) is 0 Å². The molecule has 1 fully saturated rings. The SMILES string of the molecule is O=C(NC1(CO)CCOCC1)Oc1ccccc1. The topological polar surface area (TPSA) is 67.8 Å². The number of amides is 1. The van der Waals surface area contributed by atoms with E-state index in [-0.39, 0.29) is 6.61 Å². The first kappa shape index (κ1) is 12.9. The first-order valence-corrected chi connectivity index (χ1v) is 5.98. The number of rotatable bonds is 3. The number of para-hydroxylation sites is 1. The van der Waals surface area contributed by atoms with Crippen molar-refractivity contribution < 1.29 is 19.4 Å². The normalized spacial score (nSPS) is 18.1. The Bertz CT molecular complexity index is 387. The van der Waals surface area contributed by atoms with Crippen LogP contribution in [0.5, 0.6) is 5.75 Å². The zero-order valence-corrected chi connectivity index (χ0v) is 10.1. The van der Waals surface area contributed by atoms with Crippen molar-refractivity contribution >= 4 is 6.09 Å². The Kier molecular flexibility index (Phi) is 4.17. The van der Waals surface area contributed by atoms with Gasteiger partial charge in [-0.25, -0.2) is 4.79 Å². The molecule has 5 nitrogen and oxygen atoms in total. The van der Waals surface area contributed by atoms with Gasteiger partial charge >= 0.3 is 6.09 Å². The molecule has 0 atom stereocenters. The Morgan fingerprint density at radius 3 is 2.61 bits per heavy atom. The molecule has 1 amide bonds. The molecule has 1 aliphatic heterocycles. The van der Waals surface area contributed by atoms with Gasteiger partial charge in [0.2, 0.25) is 0 Å². The van der Waals surface area contributed by atoms with Crippen LogP contribution in [0.25, 0.3) is 0 Å². The fourth-order valence-corrected chi connectivity index (χ4v) is 1.92. The van der Waals surface area contributed by atoms with Gasteiger partial charge in [0.25, 0.3) is 0 Å². The predicted octanol–water partition coefficient (Wildman–Crippen LogP) is 1.32. The number of aliphatic hydroxyl groups is 1. The van der Waals surface area contributed by atoms with E-state index in [1.165, 1.54) is 0 Å². The third kappa shape index (κ3) is 3.21. The number of benzene rings is 1. The van der Waals surface area contributed by atoms with Gasteiger partial charge in [-0.15, -0.1) is 0 Å². The van der Waals surface area contributed by atoms with Crippen LogP contribution in [0.1, 0.15) is 12.8 Å². The van der Waals surface area contributed by atoms with Crippen LogP contribution < -0.4 is 10.1 Å². The number of hydrogen-bond acceptors (Lipinski definition) is 4. The van der Waals surface area contributed by atoms with Crippen LogP contribution in [0, 0.1) is 0 Å². The summed E-state index contributed by atoms with van der Waals surface area (Å²) in [6, 6.07) is 8.83. The van der Waals surface area contributed by atoms with E-state index in [4.69, 9.17) is 9.47 Å². The Morgan fingerprint density at radius 1 is 1.33 bits per heavy atom. The highest BCUT2D eigenvalue weighted by Crippen LogP contribution is 2.20. The summed E-state index contributed by atoms with van der Waals surface area (Å²) in [7, 11) is 0. The largest absolute Gasteiger partial charge is 0.413 e. The average molecular weight is 251 g/mol. The molecule has 1 aliphatic rings. The number of carbonyl (C=O) groups excluding carboxylic acids is 1. The molecule has 98 valence electrons. The summed E-state index contributed by atoms with van der Waals surface area (Å²) in [5, 5.41) is 12.2. The van der Waals surface area contributed by atoms with Crippen molar-refractivity contribution in [3.63, 3.8) is 0 Å². The van der Waals surface area contributed by atoms with Crippen LogP contribution in [0.2, 0.25) is 0 Å². The van der Waals surface area contributed by atoms with Crippen molar-refractivity contribution in [2.24, 2.45) is 0 Å². The van der Waals surface area contributed by atoms with Gasteiger partial charge in [-0.1, -0.05) is 18.2 Å². The van der Waals surface area contributed by atoms with Crippen LogP contribution in [-0.4, -0.2) is 36.6 Å². The number of nitrogens with one attached hydrogen (secondary N) is 1. The molecule has 1 aromatic carbocycles. The highest BCUT2D eigenvalue weighted by Gasteiger charge is 2.34. The summed E-state index contributed by atoms with van der Waals surface area (Å²) in [6.07, 6.45) is 0.637. The van der Waals surface area contributed by atoms with E-state index in [1.807, 2.05) is 6.07 Å². The van der Waals surface area contributed by atoms with E-state index in [2.05, 4.69) is 5.32 Å². The number of aliphatic hydroxyl groups excluding tert-OH is 1. The van der Waals surface area contributed by atoms with E-state index < -0.39 is 11.6 Å².